The maximum Gasteiger partial charge on any atom is 0.338 e. The molecule has 1 saturated carbocycles. The fraction of sp³-hybridized carbons (Fsp3) is 0.609. The van der Waals surface area contributed by atoms with Crippen LogP contribution in [0.15, 0.2) is 43.0 Å². The van der Waals surface area contributed by atoms with Crippen LogP contribution in [0.3, 0.4) is 0 Å². The van der Waals surface area contributed by atoms with Gasteiger partial charge in [0.2, 0.25) is 0 Å². The van der Waals surface area contributed by atoms with E-state index in [0.717, 1.165) is 32.1 Å². The van der Waals surface area contributed by atoms with Crippen molar-refractivity contribution in [1.29, 1.82) is 0 Å². The zero-order valence-electron chi connectivity index (χ0n) is 17.0. The summed E-state index contributed by atoms with van der Waals surface area (Å²) in [4.78, 5) is 12.8. The van der Waals surface area contributed by atoms with Gasteiger partial charge in [0, 0.05) is 12.8 Å². The van der Waals surface area contributed by atoms with Gasteiger partial charge >= 0.3 is 5.97 Å². The first kappa shape index (κ1) is 21.5. The van der Waals surface area contributed by atoms with Gasteiger partial charge in [0.15, 0.2) is 11.9 Å². The summed E-state index contributed by atoms with van der Waals surface area (Å²) in [6.07, 6.45) is 2.24. The molecule has 1 aromatic rings. The molecule has 0 aromatic heterocycles. The van der Waals surface area contributed by atoms with Crippen molar-refractivity contribution in [3.63, 3.8) is 0 Å². The highest BCUT2D eigenvalue weighted by molar-refractivity contribution is 5.89. The molecule has 30 heavy (non-hydrogen) atoms. The summed E-state index contributed by atoms with van der Waals surface area (Å²) in [6.45, 7) is 3.32. The smallest absolute Gasteiger partial charge is 0.338 e. The minimum Gasteiger partial charge on any atom is -0.453 e. The lowest BCUT2D eigenvalue weighted by atomic mass is 9.91. The van der Waals surface area contributed by atoms with E-state index in [1.165, 1.54) is 0 Å². The molecule has 3 fully saturated rings. The van der Waals surface area contributed by atoms with Gasteiger partial charge in [-0.3, -0.25) is 0 Å². The van der Waals surface area contributed by atoms with Gasteiger partial charge in [-0.25, -0.2) is 4.79 Å². The topological polar surface area (TPSA) is 94.5 Å². The third kappa shape index (κ3) is 4.18. The van der Waals surface area contributed by atoms with Crippen molar-refractivity contribution in [3.8, 4) is 0 Å². The lowest BCUT2D eigenvalue weighted by molar-refractivity contribution is -0.217. The molecule has 7 nitrogen and oxygen atoms in total. The van der Waals surface area contributed by atoms with E-state index < -0.39 is 55.0 Å². The summed E-state index contributed by atoms with van der Waals surface area (Å²) in [6, 6.07) is 8.77. The molecule has 0 radical (unpaired) electrons. The van der Waals surface area contributed by atoms with Crippen LogP contribution in [0.1, 0.15) is 48.9 Å². The largest absolute Gasteiger partial charge is 0.453 e. The van der Waals surface area contributed by atoms with Gasteiger partial charge in [0.25, 0.3) is 0 Å². The van der Waals surface area contributed by atoms with Crippen molar-refractivity contribution in [2.75, 3.05) is 6.61 Å². The molecule has 4 rings (SSSR count). The van der Waals surface area contributed by atoms with Crippen LogP contribution in [0.2, 0.25) is 0 Å². The van der Waals surface area contributed by atoms with Crippen molar-refractivity contribution in [1.82, 2.24) is 0 Å². The molecule has 164 valence electrons. The van der Waals surface area contributed by atoms with E-state index in [9.17, 15) is 15.0 Å². The number of ether oxygens (including phenoxy) is 4. The molecule has 3 aliphatic rings. The van der Waals surface area contributed by atoms with Gasteiger partial charge in [-0.15, -0.1) is 6.58 Å². The van der Waals surface area contributed by atoms with Crippen LogP contribution in [-0.2, 0) is 18.9 Å². The van der Waals surface area contributed by atoms with Crippen LogP contribution >= 0.6 is 0 Å². The summed E-state index contributed by atoms with van der Waals surface area (Å²) < 4.78 is 24.8. The van der Waals surface area contributed by atoms with Crippen LogP contribution < -0.4 is 0 Å². The summed E-state index contributed by atoms with van der Waals surface area (Å²) in [5.74, 6) is -1.23. The first-order valence-electron chi connectivity index (χ1n) is 10.7. The molecule has 1 spiro atoms. The van der Waals surface area contributed by atoms with Gasteiger partial charge in [0.05, 0.1) is 12.2 Å². The molecule has 6 atom stereocenters. The maximum atomic E-state index is 12.8. The fourth-order valence-electron chi connectivity index (χ4n) is 4.74. The summed E-state index contributed by atoms with van der Waals surface area (Å²) >= 11 is 0. The van der Waals surface area contributed by atoms with Crippen molar-refractivity contribution in [2.45, 2.75) is 80.9 Å². The molecule has 2 heterocycles. The third-order valence-electron chi connectivity index (χ3n) is 6.20. The van der Waals surface area contributed by atoms with Crippen molar-refractivity contribution < 1.29 is 34.0 Å². The lowest BCUT2D eigenvalue weighted by Crippen LogP contribution is -2.61. The fourth-order valence-corrected chi connectivity index (χ4v) is 4.74. The second-order valence-corrected chi connectivity index (χ2v) is 8.29. The van der Waals surface area contributed by atoms with Crippen LogP contribution in [-0.4, -0.2) is 65.2 Å². The summed E-state index contributed by atoms with van der Waals surface area (Å²) in [5.41, 5.74) is 0.440. The highest BCUT2D eigenvalue weighted by Gasteiger charge is 2.60. The molecule has 7 heteroatoms. The quantitative estimate of drug-likeness (QED) is 0.541. The zero-order valence-corrected chi connectivity index (χ0v) is 17.0. The lowest BCUT2D eigenvalue weighted by Gasteiger charge is -2.42. The number of aliphatic hydroxyl groups is 2. The molecule has 0 bridgehead atoms. The number of esters is 1. The Labute approximate surface area is 176 Å². The van der Waals surface area contributed by atoms with Crippen LogP contribution in [0.4, 0.5) is 0 Å². The molecule has 2 N–H and O–H groups in total. The average Bonchev–Trinajstić information content (AvgIpc) is 3.14. The standard InChI is InChI=1S/C23H30O7/c1-2-9-17-19(28-22(26)15-10-5-3-6-11-15)21-20(18(27-17)16(25)14-24)29-23(30-21)12-7-4-8-13-23/h2-3,5-6,10-11,16-21,24-25H,1,4,7-9,12-14H2/t16-,17+,18+,19?,20?,21?/m1/s1. The van der Waals surface area contributed by atoms with E-state index in [-0.39, 0.29) is 0 Å². The summed E-state index contributed by atoms with van der Waals surface area (Å²) in [5, 5.41) is 20.0. The Morgan fingerprint density at radius 2 is 1.90 bits per heavy atom. The second kappa shape index (κ2) is 9.16. The number of rotatable bonds is 6. The highest BCUT2D eigenvalue weighted by Crippen LogP contribution is 2.46. The second-order valence-electron chi connectivity index (χ2n) is 8.29. The molecule has 2 aliphatic heterocycles. The van der Waals surface area contributed by atoms with Crippen molar-refractivity contribution >= 4 is 5.97 Å². The Bertz CT molecular complexity index is 730. The van der Waals surface area contributed by atoms with E-state index >= 15 is 0 Å². The third-order valence-corrected chi connectivity index (χ3v) is 6.20. The van der Waals surface area contributed by atoms with Crippen molar-refractivity contribution in [3.05, 3.63) is 48.6 Å². The first-order valence-corrected chi connectivity index (χ1v) is 10.7. The van der Waals surface area contributed by atoms with Gasteiger partial charge in [-0.1, -0.05) is 30.7 Å². The Morgan fingerprint density at radius 1 is 1.20 bits per heavy atom. The summed E-state index contributed by atoms with van der Waals surface area (Å²) in [7, 11) is 0. The average molecular weight is 418 g/mol. The van der Waals surface area contributed by atoms with Gasteiger partial charge in [-0.05, 0) is 31.4 Å². The molecule has 3 unspecified atom stereocenters. The first-order chi connectivity index (χ1) is 14.6. The zero-order chi connectivity index (χ0) is 21.1. The number of carbonyl (C=O) groups is 1. The SMILES string of the molecule is C=CC[C@@H]1O[C@@H]([C@H](O)CO)C2OC3(CCCCC3)OC2C1OC(=O)c1ccccc1. The Kier molecular flexibility index (Phi) is 6.55. The van der Waals surface area contributed by atoms with Crippen LogP contribution in [0, 0.1) is 0 Å². The maximum absolute atomic E-state index is 12.8. The number of hydrogen-bond donors (Lipinski definition) is 2. The predicted molar refractivity (Wildman–Crippen MR) is 108 cm³/mol. The molecule has 2 saturated heterocycles. The van der Waals surface area contributed by atoms with E-state index in [1.807, 2.05) is 6.07 Å². The number of benzene rings is 1. The Balaban J connectivity index is 1.62. The Morgan fingerprint density at radius 3 is 2.57 bits per heavy atom. The van der Waals surface area contributed by atoms with Crippen LogP contribution in [0.25, 0.3) is 0 Å². The molecule has 0 amide bonds. The molecule has 1 aromatic carbocycles. The number of fused-ring (bicyclic) bond motifs is 1. The predicted octanol–water partition coefficient (Wildman–Crippen LogP) is 2.35. The normalized spacial score (nSPS) is 33.6. The van der Waals surface area contributed by atoms with Crippen molar-refractivity contribution in [2.24, 2.45) is 0 Å². The van der Waals surface area contributed by atoms with E-state index in [1.54, 1.807) is 30.3 Å². The number of carbonyl (C=O) groups excluding carboxylic acids is 1. The Hall–Kier alpha value is -1.77. The molecule has 1 aliphatic carbocycles. The van der Waals surface area contributed by atoms with E-state index in [0.29, 0.717) is 12.0 Å². The van der Waals surface area contributed by atoms with Gasteiger partial charge in [0.1, 0.15) is 30.5 Å². The monoisotopic (exact) mass is 418 g/mol. The van der Waals surface area contributed by atoms with Crippen LogP contribution in [0.5, 0.6) is 0 Å². The minimum absolute atomic E-state index is 0.404. The molecular formula is C23H30O7. The number of hydrogen-bond acceptors (Lipinski definition) is 7. The number of aliphatic hydroxyl groups excluding tert-OH is 2. The van der Waals surface area contributed by atoms with E-state index in [4.69, 9.17) is 18.9 Å². The van der Waals surface area contributed by atoms with E-state index in [2.05, 4.69) is 6.58 Å². The van der Waals surface area contributed by atoms with Gasteiger partial charge < -0.3 is 29.2 Å². The highest BCUT2D eigenvalue weighted by atomic mass is 16.8. The minimum atomic E-state index is -1.13. The molecular weight excluding hydrogens is 388 g/mol. The van der Waals surface area contributed by atoms with Gasteiger partial charge in [-0.2, -0.15) is 0 Å².